The molecule has 1 aliphatic heterocycles. The first-order valence-electron chi connectivity index (χ1n) is 19.5. The summed E-state index contributed by atoms with van der Waals surface area (Å²) in [6.07, 6.45) is 1.56. The lowest BCUT2D eigenvalue weighted by Gasteiger charge is -2.30. The van der Waals surface area contributed by atoms with Gasteiger partial charge in [-0.1, -0.05) is 65.1 Å². The second kappa shape index (κ2) is 26.3. The number of imidazole rings is 1. The van der Waals surface area contributed by atoms with Crippen LogP contribution in [0.2, 0.25) is 0 Å². The smallest absolute Gasteiger partial charge is 0.386 e. The summed E-state index contributed by atoms with van der Waals surface area (Å²) in [5, 5.41) is 26.4. The number of ether oxygens (including phenoxy) is 1. The standard InChI is InChI=1S/C27H46N7O17P3S.C6H12O/c1-4-5-6-7-18(36)55-11-10-29-17(35)8-9-30-25(39)22(38)27(2,3)13-48-54(45,46)51-53(43,44)47-12-16-21(50-52(40,41)42)20(37)26(49-16)34-15-33-19-23(28)31-14-32-24(19)34;1-2-3-4-5-6-7/h14-16,20-22,26,37-38H,4-13H2,1-3H3,(H,29,35)(H,30,39)(H,43,44)(H,45,46)(H2,28,31,32)(H2,40,41,42);6H,2-5H2,1H3/t16-,20-,21-,22?,26-;/m1./s1. The minimum atomic E-state index is -5.56. The van der Waals surface area contributed by atoms with Crippen LogP contribution in [0.25, 0.3) is 11.2 Å². The number of thioether (sulfide) groups is 1. The second-order valence-electron chi connectivity index (χ2n) is 14.4. The third kappa shape index (κ3) is 19.5. The molecule has 0 bridgehead atoms. The molecule has 0 radical (unpaired) electrons. The number of anilines is 1. The van der Waals surface area contributed by atoms with Gasteiger partial charge in [-0.25, -0.2) is 28.6 Å². The number of aliphatic hydroxyl groups is 2. The lowest BCUT2D eigenvalue weighted by atomic mass is 9.87. The first-order chi connectivity index (χ1) is 29.0. The van der Waals surface area contributed by atoms with Crippen molar-refractivity contribution in [2.24, 2.45) is 5.41 Å². The highest BCUT2D eigenvalue weighted by Crippen LogP contribution is 2.61. The molecule has 0 saturated carbocycles. The number of amides is 2. The maximum absolute atomic E-state index is 12.7. The third-order valence-electron chi connectivity index (χ3n) is 8.67. The summed E-state index contributed by atoms with van der Waals surface area (Å²) in [4.78, 5) is 97.0. The van der Waals surface area contributed by atoms with Crippen LogP contribution in [0.5, 0.6) is 0 Å². The van der Waals surface area contributed by atoms with Gasteiger partial charge in [-0.3, -0.25) is 32.5 Å². The van der Waals surface area contributed by atoms with Gasteiger partial charge in [0.25, 0.3) is 0 Å². The number of hydrogen-bond donors (Lipinski definition) is 9. The zero-order chi connectivity index (χ0) is 46.7. The van der Waals surface area contributed by atoms with Gasteiger partial charge in [0.15, 0.2) is 22.8 Å². The van der Waals surface area contributed by atoms with E-state index in [0.717, 1.165) is 67.4 Å². The highest BCUT2D eigenvalue weighted by atomic mass is 32.2. The SMILES string of the molecule is CCCCCC(=O)SCCNC(=O)CCNC(=O)C(O)C(C)(C)COP(=O)(O)OP(=O)(O)OC[C@H]1O[C@@H](n2cnc3c(N)ncnc32)[C@H](O)[C@@H]1OP(=O)(O)O.CCCCCC=O. The molecule has 3 unspecified atom stereocenters. The topological polar surface area (TPSA) is 381 Å². The Kier molecular flexibility index (Phi) is 23.4. The van der Waals surface area contributed by atoms with Crippen molar-refractivity contribution in [3.8, 4) is 0 Å². The van der Waals surface area contributed by atoms with Crippen molar-refractivity contribution < 1.29 is 85.3 Å². The first kappa shape index (κ1) is 55.4. The predicted molar refractivity (Wildman–Crippen MR) is 221 cm³/mol. The number of hydrogen-bond acceptors (Lipinski definition) is 19. The Labute approximate surface area is 362 Å². The van der Waals surface area contributed by atoms with Gasteiger partial charge < -0.3 is 55.7 Å². The normalized spacial score (nSPS) is 20.4. The minimum absolute atomic E-state index is 0.0321. The maximum Gasteiger partial charge on any atom is 0.481 e. The van der Waals surface area contributed by atoms with Gasteiger partial charge in [0, 0.05) is 43.5 Å². The van der Waals surface area contributed by atoms with E-state index in [0.29, 0.717) is 12.2 Å². The summed E-state index contributed by atoms with van der Waals surface area (Å²) in [5.74, 6) is -1.04. The van der Waals surface area contributed by atoms with Crippen molar-refractivity contribution in [3.63, 3.8) is 0 Å². The fourth-order valence-electron chi connectivity index (χ4n) is 5.36. The Morgan fingerprint density at radius 1 is 0.984 bits per heavy atom. The Balaban J connectivity index is 0.00000173. The Morgan fingerprint density at radius 2 is 1.65 bits per heavy atom. The number of phosphoric ester groups is 3. The Hall–Kier alpha value is -2.77. The number of aldehydes is 1. The molecule has 62 heavy (non-hydrogen) atoms. The van der Waals surface area contributed by atoms with Crippen molar-refractivity contribution in [1.82, 2.24) is 30.2 Å². The van der Waals surface area contributed by atoms with Crippen LogP contribution in [0.15, 0.2) is 12.7 Å². The molecular formula is C33H58N7O18P3S. The van der Waals surface area contributed by atoms with E-state index in [-0.39, 0.29) is 41.6 Å². The van der Waals surface area contributed by atoms with Crippen LogP contribution in [-0.2, 0) is 55.5 Å². The quantitative estimate of drug-likeness (QED) is 0.0351. The number of unbranched alkanes of at least 4 members (excludes halogenated alkanes) is 5. The molecule has 3 rings (SSSR count). The molecule has 2 amide bonds. The van der Waals surface area contributed by atoms with Gasteiger partial charge in [0.2, 0.25) is 11.8 Å². The highest BCUT2D eigenvalue weighted by Gasteiger charge is 2.50. The molecule has 7 atom stereocenters. The summed E-state index contributed by atoms with van der Waals surface area (Å²) in [6.45, 7) is 4.72. The van der Waals surface area contributed by atoms with E-state index >= 15 is 0 Å². The zero-order valence-corrected chi connectivity index (χ0v) is 38.2. The third-order valence-corrected chi connectivity index (χ3v) is 12.7. The average molecular weight is 966 g/mol. The molecule has 0 aromatic carbocycles. The lowest BCUT2D eigenvalue weighted by Crippen LogP contribution is -2.46. The number of carbonyl (C=O) groups excluding carboxylic acids is 4. The molecule has 2 aromatic heterocycles. The molecule has 25 nitrogen and oxygen atoms in total. The van der Waals surface area contributed by atoms with Crippen LogP contribution in [0.1, 0.15) is 91.7 Å². The largest absolute Gasteiger partial charge is 0.481 e. The lowest BCUT2D eigenvalue weighted by molar-refractivity contribution is -0.137. The van der Waals surface area contributed by atoms with Crippen LogP contribution in [0.3, 0.4) is 0 Å². The number of nitrogen functional groups attached to an aromatic ring is 1. The number of aliphatic hydroxyl groups excluding tert-OH is 2. The monoisotopic (exact) mass is 965 g/mol. The van der Waals surface area contributed by atoms with E-state index in [4.69, 9.17) is 19.5 Å². The van der Waals surface area contributed by atoms with Crippen LogP contribution in [-0.4, -0.2) is 129 Å². The summed E-state index contributed by atoms with van der Waals surface area (Å²) in [7, 11) is -16.4. The summed E-state index contributed by atoms with van der Waals surface area (Å²) in [5.41, 5.74) is 4.27. The molecule has 1 aliphatic rings. The molecule has 3 heterocycles. The number of nitrogens with one attached hydrogen (secondary N) is 2. The van der Waals surface area contributed by atoms with E-state index in [2.05, 4.69) is 41.3 Å². The van der Waals surface area contributed by atoms with E-state index in [1.54, 1.807) is 0 Å². The zero-order valence-electron chi connectivity index (χ0n) is 34.7. The Morgan fingerprint density at radius 3 is 2.29 bits per heavy atom. The van der Waals surface area contributed by atoms with Gasteiger partial charge in [-0.05, 0) is 12.8 Å². The van der Waals surface area contributed by atoms with Crippen LogP contribution < -0.4 is 16.4 Å². The first-order valence-corrected chi connectivity index (χ1v) is 25.0. The second-order valence-corrected chi connectivity index (χ2v) is 19.8. The maximum atomic E-state index is 12.7. The van der Waals surface area contributed by atoms with E-state index in [1.807, 2.05) is 6.92 Å². The fourth-order valence-corrected chi connectivity index (χ4v) is 8.91. The van der Waals surface area contributed by atoms with Crippen molar-refractivity contribution in [2.75, 3.05) is 37.8 Å². The number of nitrogens with two attached hydrogens (primary N) is 1. The predicted octanol–water partition coefficient (Wildman–Crippen LogP) is 2.01. The number of aromatic nitrogens is 4. The van der Waals surface area contributed by atoms with Crippen LogP contribution in [0, 0.1) is 5.41 Å². The van der Waals surface area contributed by atoms with Crippen molar-refractivity contribution in [2.45, 2.75) is 116 Å². The highest BCUT2D eigenvalue weighted by molar-refractivity contribution is 8.13. The van der Waals surface area contributed by atoms with Crippen molar-refractivity contribution >= 4 is 75.4 Å². The average Bonchev–Trinajstić information content (AvgIpc) is 3.75. The number of fused-ring (bicyclic) bond motifs is 1. The summed E-state index contributed by atoms with van der Waals surface area (Å²) in [6, 6.07) is 0. The Bertz CT molecular complexity index is 1910. The van der Waals surface area contributed by atoms with E-state index < -0.39 is 84.6 Å². The van der Waals surface area contributed by atoms with Crippen LogP contribution in [0.4, 0.5) is 5.82 Å². The molecule has 10 N–H and O–H groups in total. The molecule has 1 fully saturated rings. The molecule has 354 valence electrons. The van der Waals surface area contributed by atoms with E-state index in [1.165, 1.54) is 26.7 Å². The molecule has 29 heteroatoms. The molecular weight excluding hydrogens is 907 g/mol. The molecule has 1 saturated heterocycles. The van der Waals surface area contributed by atoms with Gasteiger partial charge in [0.05, 0.1) is 19.5 Å². The van der Waals surface area contributed by atoms with Crippen molar-refractivity contribution in [1.29, 1.82) is 0 Å². The fraction of sp³-hybridized carbons (Fsp3) is 0.727. The molecule has 0 spiro atoms. The minimum Gasteiger partial charge on any atom is -0.386 e. The summed E-state index contributed by atoms with van der Waals surface area (Å²) >= 11 is 1.12. The number of phosphoric acid groups is 3. The van der Waals surface area contributed by atoms with Gasteiger partial charge in [-0.15, -0.1) is 0 Å². The number of rotatable bonds is 27. The number of carbonyl (C=O) groups is 4. The number of nitrogens with zero attached hydrogens (tertiary/aromatic N) is 4. The van der Waals surface area contributed by atoms with Crippen LogP contribution >= 0.6 is 35.2 Å². The molecule has 2 aromatic rings. The van der Waals surface area contributed by atoms with Gasteiger partial charge in [-0.2, -0.15) is 4.31 Å². The molecule has 0 aliphatic carbocycles. The van der Waals surface area contributed by atoms with Gasteiger partial charge in [0.1, 0.15) is 42.5 Å². The van der Waals surface area contributed by atoms with Gasteiger partial charge >= 0.3 is 23.5 Å². The summed E-state index contributed by atoms with van der Waals surface area (Å²) < 4.78 is 62.1. The van der Waals surface area contributed by atoms with E-state index in [9.17, 15) is 62.7 Å². The van der Waals surface area contributed by atoms with Crippen molar-refractivity contribution in [3.05, 3.63) is 12.7 Å².